The van der Waals surface area contributed by atoms with Crippen molar-refractivity contribution in [1.29, 1.82) is 0 Å². The largest absolute Gasteiger partial charge is 0.357 e. The first kappa shape index (κ1) is 10.4. The average molecular weight is 238 g/mol. The van der Waals surface area contributed by atoms with Gasteiger partial charge in [-0.2, -0.15) is 0 Å². The summed E-state index contributed by atoms with van der Waals surface area (Å²) in [5, 5.41) is 0. The van der Waals surface area contributed by atoms with Gasteiger partial charge in [-0.25, -0.2) is 0 Å². The molecule has 0 aromatic heterocycles. The van der Waals surface area contributed by atoms with Gasteiger partial charge in [0.15, 0.2) is 0 Å². The van der Waals surface area contributed by atoms with Crippen molar-refractivity contribution in [3.63, 3.8) is 0 Å². The summed E-state index contributed by atoms with van der Waals surface area (Å²) >= 11 is 6.42. The number of carbonyl (C=O) groups is 1. The number of thiocarbonyl (C=S) groups is 1. The van der Waals surface area contributed by atoms with Gasteiger partial charge in [-0.3, -0.25) is 9.69 Å². The van der Waals surface area contributed by atoms with Gasteiger partial charge in [-0.1, -0.05) is 24.0 Å². The Bertz CT molecular complexity index is 407. The molecule has 0 aliphatic carbocycles. The van der Waals surface area contributed by atoms with Crippen LogP contribution in [0.4, 0.5) is 0 Å². The van der Waals surface area contributed by atoms with Gasteiger partial charge in [0.25, 0.3) is 5.91 Å². The number of likely N-dealkylation sites (N-methyl/N-ethyl adjacent to an activating group) is 1. The van der Waals surface area contributed by atoms with Crippen LogP contribution in [0.3, 0.4) is 0 Å². The predicted molar refractivity (Wildman–Crippen MR) is 66.0 cm³/mol. The monoisotopic (exact) mass is 238 g/mol. The van der Waals surface area contributed by atoms with E-state index in [1.165, 1.54) is 16.7 Å². The van der Waals surface area contributed by atoms with Gasteiger partial charge in [0, 0.05) is 26.5 Å². The van der Waals surface area contributed by atoms with E-state index >= 15 is 0 Å². The second-order valence-electron chi connectivity index (χ2n) is 3.31. The second kappa shape index (κ2) is 3.83. The summed E-state index contributed by atoms with van der Waals surface area (Å²) in [6.07, 6.45) is 7.67. The molecule has 1 amide bonds. The molecule has 0 aromatic rings. The minimum Gasteiger partial charge on any atom is -0.357 e. The van der Waals surface area contributed by atoms with Gasteiger partial charge in [-0.15, -0.1) is 0 Å². The fraction of sp³-hybridized carbons (Fsp3) is 0.200. The zero-order chi connectivity index (χ0) is 11.0. The van der Waals surface area contributed by atoms with Crippen LogP contribution < -0.4 is 0 Å². The molecule has 0 radical (unpaired) electrons. The highest BCUT2D eigenvalue weighted by atomic mass is 32.2. The first-order valence-electron chi connectivity index (χ1n) is 4.42. The molecule has 1 fully saturated rings. The van der Waals surface area contributed by atoms with Gasteiger partial charge in [0.1, 0.15) is 4.32 Å². The van der Waals surface area contributed by atoms with E-state index in [0.717, 1.165) is 5.57 Å². The zero-order valence-corrected chi connectivity index (χ0v) is 10.1. The van der Waals surface area contributed by atoms with Gasteiger partial charge >= 0.3 is 0 Å². The Morgan fingerprint density at radius 1 is 1.27 bits per heavy atom. The molecule has 0 spiro atoms. The fourth-order valence-electron chi connectivity index (χ4n) is 1.27. The van der Waals surface area contributed by atoms with E-state index in [0.29, 0.717) is 9.23 Å². The third kappa shape index (κ3) is 1.85. The number of rotatable bonds is 0. The number of hydrogen-bond donors (Lipinski definition) is 0. The summed E-state index contributed by atoms with van der Waals surface area (Å²) in [4.78, 5) is 15.9. The van der Waals surface area contributed by atoms with Gasteiger partial charge in [0.05, 0.1) is 4.91 Å². The smallest absolute Gasteiger partial charge is 0.266 e. The number of carbonyl (C=O) groups excluding carboxylic acids is 1. The molecule has 2 aliphatic heterocycles. The van der Waals surface area contributed by atoms with Gasteiger partial charge in [0.2, 0.25) is 0 Å². The molecular formula is C10H10N2OS2. The van der Waals surface area contributed by atoms with E-state index in [-0.39, 0.29) is 5.91 Å². The molecule has 0 bridgehead atoms. The SMILES string of the molecule is CN1C=CC(=C2SC(=S)N(C)C2=O)C=C1. The van der Waals surface area contributed by atoms with Crippen molar-refractivity contribution in [3.05, 3.63) is 35.0 Å². The molecule has 0 atom stereocenters. The lowest BCUT2D eigenvalue weighted by atomic mass is 10.2. The number of hydrogen-bond acceptors (Lipinski definition) is 4. The molecule has 78 valence electrons. The first-order chi connectivity index (χ1) is 7.09. The molecule has 1 saturated heterocycles. The molecule has 0 saturated carbocycles. The summed E-state index contributed by atoms with van der Waals surface area (Å²) in [7, 11) is 3.64. The summed E-state index contributed by atoms with van der Waals surface area (Å²) < 4.78 is 0.614. The summed E-state index contributed by atoms with van der Waals surface area (Å²) in [6, 6.07) is 0. The Balaban J connectivity index is 2.36. The van der Waals surface area contributed by atoms with Crippen molar-refractivity contribution in [2.45, 2.75) is 0 Å². The van der Waals surface area contributed by atoms with Crippen LogP contribution in [0.25, 0.3) is 0 Å². The van der Waals surface area contributed by atoms with Crippen molar-refractivity contribution in [2.24, 2.45) is 0 Å². The number of thioether (sulfide) groups is 1. The van der Waals surface area contributed by atoms with Gasteiger partial charge < -0.3 is 4.90 Å². The fourth-order valence-corrected chi connectivity index (χ4v) is 2.47. The molecule has 2 rings (SSSR count). The second-order valence-corrected chi connectivity index (χ2v) is 4.96. The van der Waals surface area contributed by atoms with E-state index in [9.17, 15) is 4.79 Å². The molecule has 3 nitrogen and oxygen atoms in total. The van der Waals surface area contributed by atoms with Crippen LogP contribution in [0.15, 0.2) is 35.0 Å². The third-order valence-corrected chi connectivity index (χ3v) is 3.79. The number of amides is 1. The predicted octanol–water partition coefficient (Wildman–Crippen LogP) is 1.70. The Morgan fingerprint density at radius 2 is 1.87 bits per heavy atom. The minimum absolute atomic E-state index is 0.0150. The van der Waals surface area contributed by atoms with Crippen molar-refractivity contribution in [1.82, 2.24) is 9.80 Å². The van der Waals surface area contributed by atoms with E-state index in [4.69, 9.17) is 12.2 Å². The first-order valence-corrected chi connectivity index (χ1v) is 5.64. The highest BCUT2D eigenvalue weighted by Gasteiger charge is 2.30. The lowest BCUT2D eigenvalue weighted by Crippen LogP contribution is -2.22. The summed E-state index contributed by atoms with van der Waals surface area (Å²) in [5.74, 6) is -0.0150. The standard InChI is InChI=1S/C10H10N2OS2/c1-11-5-3-7(4-6-11)8-9(13)12(2)10(14)15-8/h3-6H,1-2H3. The Hall–Kier alpha value is -1.07. The van der Waals surface area contributed by atoms with Crippen LogP contribution in [0, 0.1) is 0 Å². The van der Waals surface area contributed by atoms with Crippen molar-refractivity contribution in [2.75, 3.05) is 14.1 Å². The summed E-state index contributed by atoms with van der Waals surface area (Å²) in [6.45, 7) is 0. The number of nitrogens with zero attached hydrogens (tertiary/aromatic N) is 2. The molecule has 2 heterocycles. The minimum atomic E-state index is -0.0150. The average Bonchev–Trinajstić information content (AvgIpc) is 2.47. The maximum atomic E-state index is 11.8. The van der Waals surface area contributed by atoms with Crippen LogP contribution in [0.2, 0.25) is 0 Å². The van der Waals surface area contributed by atoms with Crippen LogP contribution in [0.5, 0.6) is 0 Å². The zero-order valence-electron chi connectivity index (χ0n) is 8.43. The highest BCUT2D eigenvalue weighted by Crippen LogP contribution is 2.33. The summed E-state index contributed by atoms with van der Waals surface area (Å²) in [5.41, 5.74) is 0.926. The topological polar surface area (TPSA) is 23.6 Å². The van der Waals surface area contributed by atoms with E-state index in [1.54, 1.807) is 7.05 Å². The highest BCUT2D eigenvalue weighted by molar-refractivity contribution is 8.26. The van der Waals surface area contributed by atoms with Crippen LogP contribution >= 0.6 is 24.0 Å². The van der Waals surface area contributed by atoms with Crippen LogP contribution in [-0.2, 0) is 4.79 Å². The maximum absolute atomic E-state index is 11.8. The van der Waals surface area contributed by atoms with Crippen molar-refractivity contribution < 1.29 is 4.79 Å². The van der Waals surface area contributed by atoms with Crippen LogP contribution in [0.1, 0.15) is 0 Å². The molecule has 0 unspecified atom stereocenters. The Labute approximate surface area is 98.1 Å². The molecule has 15 heavy (non-hydrogen) atoms. The Kier molecular flexibility index (Phi) is 2.67. The number of allylic oxidation sites excluding steroid dienone is 3. The third-order valence-electron chi connectivity index (χ3n) is 2.20. The van der Waals surface area contributed by atoms with Crippen LogP contribution in [-0.4, -0.2) is 34.1 Å². The molecule has 0 N–H and O–H groups in total. The van der Waals surface area contributed by atoms with Crippen molar-refractivity contribution >= 4 is 34.2 Å². The lowest BCUT2D eigenvalue weighted by Gasteiger charge is -2.12. The van der Waals surface area contributed by atoms with E-state index in [2.05, 4.69) is 0 Å². The Morgan fingerprint density at radius 3 is 2.33 bits per heavy atom. The molecule has 2 aliphatic rings. The normalized spacial score (nSPS) is 20.9. The molecular weight excluding hydrogens is 228 g/mol. The van der Waals surface area contributed by atoms with E-state index in [1.807, 2.05) is 36.5 Å². The van der Waals surface area contributed by atoms with E-state index < -0.39 is 0 Å². The molecule has 5 heteroatoms. The quantitative estimate of drug-likeness (QED) is 0.473. The maximum Gasteiger partial charge on any atom is 0.266 e. The van der Waals surface area contributed by atoms with Gasteiger partial charge in [-0.05, 0) is 17.7 Å². The van der Waals surface area contributed by atoms with Crippen molar-refractivity contribution in [3.8, 4) is 0 Å². The molecule has 0 aromatic carbocycles. The lowest BCUT2D eigenvalue weighted by molar-refractivity contribution is -0.121.